The lowest BCUT2D eigenvalue weighted by Gasteiger charge is -2.21. The second kappa shape index (κ2) is 73.5. The lowest BCUT2D eigenvalue weighted by atomic mass is 10.1. The number of hydrogen-bond acceptors (Lipinski definition) is 15. The molecular weight excluding hydrogens is 1310 g/mol. The Bertz CT molecular complexity index is 2230. The number of esters is 4. The number of aliphatic hydroxyl groups excluding tert-OH is 1. The van der Waals surface area contributed by atoms with E-state index < -0.39 is 97.5 Å². The molecule has 0 saturated carbocycles. The molecular formula is C81H144O17P2. The van der Waals surface area contributed by atoms with Gasteiger partial charge >= 0.3 is 39.5 Å². The molecule has 0 radical (unpaired) electrons. The third kappa shape index (κ3) is 72.6. The SMILES string of the molecule is CCCCC/C=C\C/C=C\C/C=C\C/C=C\CCCC(=O)OC[C@H](COP(=O)(O)OC[C@H](O)COP(=O)(O)OC[C@@H](COC(=O)CCCCCCC/C=C\CCCCCCCC)OC(=O)CCCCCCC/C=C\CCCCCC)OC(=O)CCCCCCC/C=C\CCCCCCCC. The molecule has 100 heavy (non-hydrogen) atoms. The molecule has 17 nitrogen and oxygen atoms in total. The first-order valence-electron chi connectivity index (χ1n) is 39.8. The van der Waals surface area contributed by atoms with Gasteiger partial charge in [-0.15, -0.1) is 0 Å². The molecule has 3 N–H and O–H groups in total. The van der Waals surface area contributed by atoms with Crippen molar-refractivity contribution in [2.75, 3.05) is 39.6 Å². The zero-order valence-electron chi connectivity index (χ0n) is 63.4. The summed E-state index contributed by atoms with van der Waals surface area (Å²) in [6.07, 6.45) is 75.7. The Hall–Kier alpha value is -3.76. The van der Waals surface area contributed by atoms with Crippen LogP contribution < -0.4 is 0 Å². The molecule has 0 aromatic carbocycles. The largest absolute Gasteiger partial charge is 0.472 e. The van der Waals surface area contributed by atoms with E-state index in [1.165, 1.54) is 122 Å². The maximum absolute atomic E-state index is 13.1. The molecule has 0 amide bonds. The van der Waals surface area contributed by atoms with E-state index in [9.17, 15) is 43.2 Å². The van der Waals surface area contributed by atoms with E-state index >= 15 is 0 Å². The molecule has 5 atom stereocenters. The monoisotopic (exact) mass is 1450 g/mol. The molecule has 2 unspecified atom stereocenters. The van der Waals surface area contributed by atoms with Gasteiger partial charge in [0, 0.05) is 25.7 Å². The molecule has 0 aliphatic rings. The van der Waals surface area contributed by atoms with Crippen LogP contribution in [-0.2, 0) is 65.4 Å². The van der Waals surface area contributed by atoms with Crippen LogP contribution in [0.5, 0.6) is 0 Å². The van der Waals surface area contributed by atoms with E-state index in [2.05, 4.69) is 101 Å². The molecule has 0 bridgehead atoms. The zero-order valence-corrected chi connectivity index (χ0v) is 65.2. The number of ether oxygens (including phenoxy) is 4. The molecule has 0 rings (SSSR count). The van der Waals surface area contributed by atoms with Crippen LogP contribution in [0.2, 0.25) is 0 Å². The number of allylic oxidation sites excluding steroid dienone is 14. The maximum Gasteiger partial charge on any atom is 0.472 e. The summed E-state index contributed by atoms with van der Waals surface area (Å²) in [6, 6.07) is 0. The maximum atomic E-state index is 13.1. The van der Waals surface area contributed by atoms with Crippen LogP contribution in [0.4, 0.5) is 0 Å². The first-order valence-corrected chi connectivity index (χ1v) is 42.8. The van der Waals surface area contributed by atoms with E-state index in [0.29, 0.717) is 32.1 Å². The van der Waals surface area contributed by atoms with Gasteiger partial charge in [0.05, 0.1) is 26.4 Å². The molecule has 0 fully saturated rings. The minimum Gasteiger partial charge on any atom is -0.462 e. The van der Waals surface area contributed by atoms with Crippen molar-refractivity contribution in [2.45, 2.75) is 367 Å². The zero-order chi connectivity index (χ0) is 73.2. The van der Waals surface area contributed by atoms with E-state index in [1.54, 1.807) is 0 Å². The summed E-state index contributed by atoms with van der Waals surface area (Å²) >= 11 is 0. The van der Waals surface area contributed by atoms with Crippen LogP contribution in [-0.4, -0.2) is 96.7 Å². The predicted octanol–water partition coefficient (Wildman–Crippen LogP) is 23.0. The van der Waals surface area contributed by atoms with Gasteiger partial charge in [-0.3, -0.25) is 37.3 Å². The summed E-state index contributed by atoms with van der Waals surface area (Å²) in [5.74, 6) is -2.25. The normalized spacial score (nSPS) is 14.3. The van der Waals surface area contributed by atoms with E-state index in [1.807, 2.05) is 12.2 Å². The molecule has 19 heteroatoms. The fourth-order valence-electron chi connectivity index (χ4n) is 10.7. The second-order valence-corrected chi connectivity index (χ2v) is 29.5. The Morgan fingerprint density at radius 2 is 0.500 bits per heavy atom. The van der Waals surface area contributed by atoms with Crippen molar-refractivity contribution in [1.82, 2.24) is 0 Å². The van der Waals surface area contributed by atoms with E-state index in [4.69, 9.17) is 37.0 Å². The lowest BCUT2D eigenvalue weighted by molar-refractivity contribution is -0.161. The van der Waals surface area contributed by atoms with Crippen LogP contribution in [0.25, 0.3) is 0 Å². The number of aliphatic hydroxyl groups is 1. The van der Waals surface area contributed by atoms with Gasteiger partial charge in [-0.25, -0.2) is 9.13 Å². The van der Waals surface area contributed by atoms with E-state index in [0.717, 1.165) is 141 Å². The summed E-state index contributed by atoms with van der Waals surface area (Å²) in [6.45, 7) is 4.77. The molecule has 0 saturated heterocycles. The van der Waals surface area contributed by atoms with Gasteiger partial charge in [0.1, 0.15) is 19.3 Å². The molecule has 0 aliphatic heterocycles. The number of phosphoric ester groups is 2. The summed E-state index contributed by atoms with van der Waals surface area (Å²) in [5, 5.41) is 10.6. The van der Waals surface area contributed by atoms with Crippen molar-refractivity contribution in [3.63, 3.8) is 0 Å². The summed E-state index contributed by atoms with van der Waals surface area (Å²) < 4.78 is 68.5. The highest BCUT2D eigenvalue weighted by Crippen LogP contribution is 2.45. The summed E-state index contributed by atoms with van der Waals surface area (Å²) in [7, 11) is -9.97. The van der Waals surface area contributed by atoms with Crippen LogP contribution in [0.15, 0.2) is 85.1 Å². The number of phosphoric acid groups is 2. The molecule has 0 aromatic heterocycles. The summed E-state index contributed by atoms with van der Waals surface area (Å²) in [4.78, 5) is 72.9. The third-order valence-corrected chi connectivity index (χ3v) is 18.7. The standard InChI is InChI=1S/C81H144O17P2/c1-5-9-13-17-21-25-29-33-36-37-40-43-46-50-54-58-62-66-79(84)92-72-77(98-81(86)68-64-60-56-52-48-44-39-35-31-27-23-19-15-11-7-3)74-96-100(89,90)94-70-75(82)69-93-99(87,88)95-73-76(97-80(85)67-63-59-55-51-47-41-32-28-24-20-16-12-8-4)71-91-78(83)65-61-57-53-49-45-42-38-34-30-26-22-18-14-10-6-2/h21,25,28,32-36,38-40,43,50,54,75-77,82H,5-20,22-24,26-27,29-31,37,41-42,44-49,51-53,55-74H2,1-4H3,(H,87,88)(H,89,90)/b25-21-,32-28-,36-33-,38-34-,39-35-,43-40-,54-50-/t75-,76-,77-/m1/s1. The second-order valence-electron chi connectivity index (χ2n) is 26.6. The fraction of sp³-hybridized carbons (Fsp3) is 0.778. The minimum atomic E-state index is -4.99. The van der Waals surface area contributed by atoms with Crippen molar-refractivity contribution in [3.05, 3.63) is 85.1 Å². The average Bonchev–Trinajstić information content (AvgIpc) is 1.06. The molecule has 0 aliphatic carbocycles. The fourth-order valence-corrected chi connectivity index (χ4v) is 12.2. The number of unbranched alkanes of at least 4 members (excludes halogenated alkanes) is 35. The Balaban J connectivity index is 5.39. The van der Waals surface area contributed by atoms with Crippen LogP contribution in [0, 0.1) is 0 Å². The van der Waals surface area contributed by atoms with Crippen LogP contribution in [0.3, 0.4) is 0 Å². The highest BCUT2D eigenvalue weighted by atomic mass is 31.2. The first-order chi connectivity index (χ1) is 48.7. The van der Waals surface area contributed by atoms with Crippen LogP contribution >= 0.6 is 15.6 Å². The average molecular weight is 1450 g/mol. The highest BCUT2D eigenvalue weighted by Gasteiger charge is 2.30. The van der Waals surface area contributed by atoms with Crippen molar-refractivity contribution in [1.29, 1.82) is 0 Å². The molecule has 0 aromatic rings. The van der Waals surface area contributed by atoms with Crippen LogP contribution in [0.1, 0.15) is 349 Å². The van der Waals surface area contributed by atoms with Crippen molar-refractivity contribution < 1.29 is 80.2 Å². The topological polar surface area (TPSA) is 237 Å². The smallest absolute Gasteiger partial charge is 0.462 e. The van der Waals surface area contributed by atoms with E-state index in [-0.39, 0.29) is 25.7 Å². The van der Waals surface area contributed by atoms with Gasteiger partial charge in [-0.05, 0) is 141 Å². The Morgan fingerprint density at radius 3 is 0.830 bits per heavy atom. The van der Waals surface area contributed by atoms with Crippen molar-refractivity contribution >= 4 is 39.5 Å². The number of rotatable bonds is 75. The Kier molecular flexibility index (Phi) is 70.8. The van der Waals surface area contributed by atoms with Crippen molar-refractivity contribution in [2.24, 2.45) is 0 Å². The number of carbonyl (C=O) groups excluding carboxylic acids is 4. The van der Waals surface area contributed by atoms with Gasteiger partial charge in [-0.2, -0.15) is 0 Å². The van der Waals surface area contributed by atoms with Gasteiger partial charge in [0.15, 0.2) is 12.2 Å². The molecule has 580 valence electrons. The van der Waals surface area contributed by atoms with Gasteiger partial charge < -0.3 is 33.8 Å². The first kappa shape index (κ1) is 96.2. The lowest BCUT2D eigenvalue weighted by Crippen LogP contribution is -2.30. The molecule has 0 heterocycles. The molecule has 0 spiro atoms. The highest BCUT2D eigenvalue weighted by molar-refractivity contribution is 7.47. The predicted molar refractivity (Wildman–Crippen MR) is 409 cm³/mol. The third-order valence-electron chi connectivity index (χ3n) is 16.8. The minimum absolute atomic E-state index is 0.0746. The number of carbonyl (C=O) groups is 4. The summed E-state index contributed by atoms with van der Waals surface area (Å²) in [5.41, 5.74) is 0. The van der Waals surface area contributed by atoms with Crippen molar-refractivity contribution in [3.8, 4) is 0 Å². The quantitative estimate of drug-likeness (QED) is 0.0169. The Labute approximate surface area is 608 Å². The Morgan fingerprint density at radius 1 is 0.280 bits per heavy atom. The van der Waals surface area contributed by atoms with Gasteiger partial charge in [0.2, 0.25) is 0 Å². The van der Waals surface area contributed by atoms with Gasteiger partial charge in [-0.1, -0.05) is 267 Å². The van der Waals surface area contributed by atoms with Gasteiger partial charge in [0.25, 0.3) is 0 Å². The number of hydrogen-bond donors (Lipinski definition) is 3.